The van der Waals surface area contributed by atoms with Crippen LogP contribution in [0.2, 0.25) is 10.0 Å². The number of aromatic nitrogens is 2. The molecule has 1 aliphatic rings. The van der Waals surface area contributed by atoms with E-state index in [0.717, 1.165) is 37.0 Å². The van der Waals surface area contributed by atoms with Crippen LogP contribution in [0.1, 0.15) is 23.2 Å². The van der Waals surface area contributed by atoms with Crippen molar-refractivity contribution in [1.29, 1.82) is 0 Å². The van der Waals surface area contributed by atoms with Gasteiger partial charge in [-0.15, -0.1) is 0 Å². The molecule has 0 radical (unpaired) electrons. The van der Waals surface area contributed by atoms with Crippen molar-refractivity contribution in [3.8, 4) is 0 Å². The molecular weight excluding hydrogens is 425 g/mol. The third kappa shape index (κ3) is 4.52. The predicted octanol–water partition coefficient (Wildman–Crippen LogP) is 4.40. The Balaban J connectivity index is 1.35. The molecule has 3 amide bonds. The topological polar surface area (TPSA) is 79.3 Å². The van der Waals surface area contributed by atoms with Crippen molar-refractivity contribution >= 4 is 51.9 Å². The minimum atomic E-state index is -0.373. The van der Waals surface area contributed by atoms with Gasteiger partial charge in [0, 0.05) is 36.8 Å². The number of hydrogen-bond donors (Lipinski definition) is 2. The lowest BCUT2D eigenvalue weighted by Crippen LogP contribution is -2.31. The Hall–Kier alpha value is -2.77. The predicted molar refractivity (Wildman–Crippen MR) is 118 cm³/mol. The molecule has 1 aromatic heterocycles. The largest absolute Gasteiger partial charge is 0.339 e. The maximum absolute atomic E-state index is 12.6. The zero-order valence-electron chi connectivity index (χ0n) is 16.2. The molecule has 2 aromatic carbocycles. The van der Waals surface area contributed by atoms with Crippen LogP contribution in [0.4, 0.5) is 10.5 Å². The third-order valence-corrected chi connectivity index (χ3v) is 5.64. The van der Waals surface area contributed by atoms with Gasteiger partial charge in [0.1, 0.15) is 0 Å². The quantitative estimate of drug-likeness (QED) is 0.610. The number of carbonyl (C=O) groups excluding carboxylic acids is 2. The van der Waals surface area contributed by atoms with E-state index in [9.17, 15) is 9.59 Å². The number of imidazole rings is 1. The Morgan fingerprint density at radius 1 is 1.07 bits per heavy atom. The number of carbonyl (C=O) groups is 2. The van der Waals surface area contributed by atoms with Crippen LogP contribution in [-0.2, 0) is 6.54 Å². The molecule has 30 heavy (non-hydrogen) atoms. The maximum Gasteiger partial charge on any atom is 0.319 e. The van der Waals surface area contributed by atoms with E-state index in [0.29, 0.717) is 34.4 Å². The van der Waals surface area contributed by atoms with Gasteiger partial charge < -0.3 is 20.1 Å². The third-order valence-electron chi connectivity index (χ3n) is 5.08. The van der Waals surface area contributed by atoms with E-state index < -0.39 is 0 Å². The van der Waals surface area contributed by atoms with Crippen molar-refractivity contribution in [1.82, 2.24) is 19.8 Å². The summed E-state index contributed by atoms with van der Waals surface area (Å²) < 4.78 is 1.94. The zero-order valence-corrected chi connectivity index (χ0v) is 17.7. The van der Waals surface area contributed by atoms with Crippen molar-refractivity contribution in [2.75, 3.05) is 25.0 Å². The van der Waals surface area contributed by atoms with Gasteiger partial charge >= 0.3 is 6.03 Å². The molecule has 0 saturated carbocycles. The molecule has 3 aromatic rings. The molecule has 0 unspecified atom stereocenters. The van der Waals surface area contributed by atoms with Gasteiger partial charge in [0.25, 0.3) is 5.91 Å². The molecule has 0 aliphatic carbocycles. The summed E-state index contributed by atoms with van der Waals surface area (Å²) in [4.78, 5) is 31.0. The summed E-state index contributed by atoms with van der Waals surface area (Å²) in [6.45, 7) is 2.56. The lowest BCUT2D eigenvalue weighted by molar-refractivity contribution is 0.0793. The number of anilines is 1. The van der Waals surface area contributed by atoms with Crippen LogP contribution < -0.4 is 10.6 Å². The summed E-state index contributed by atoms with van der Waals surface area (Å²) in [5, 5.41) is 6.37. The molecule has 156 valence electrons. The SMILES string of the molecule is O=C(NCCn1cnc2cc(C(=O)N3CCCC3)ccc21)Nc1cc(Cl)ccc1Cl. The summed E-state index contributed by atoms with van der Waals surface area (Å²) in [5.41, 5.74) is 2.78. The second-order valence-corrected chi connectivity index (χ2v) is 7.99. The number of halogens is 2. The molecule has 1 aliphatic heterocycles. The van der Waals surface area contributed by atoms with Gasteiger partial charge in [-0.25, -0.2) is 9.78 Å². The van der Waals surface area contributed by atoms with Gasteiger partial charge in [0.15, 0.2) is 0 Å². The zero-order chi connectivity index (χ0) is 21.1. The monoisotopic (exact) mass is 445 g/mol. The van der Waals surface area contributed by atoms with E-state index in [1.807, 2.05) is 27.7 Å². The Morgan fingerprint density at radius 2 is 1.87 bits per heavy atom. The smallest absolute Gasteiger partial charge is 0.319 e. The van der Waals surface area contributed by atoms with Crippen LogP contribution in [-0.4, -0.2) is 46.0 Å². The molecule has 0 atom stereocenters. The molecule has 1 fully saturated rings. The van der Waals surface area contributed by atoms with Crippen LogP contribution in [0.25, 0.3) is 11.0 Å². The van der Waals surface area contributed by atoms with E-state index in [2.05, 4.69) is 15.6 Å². The highest BCUT2D eigenvalue weighted by atomic mass is 35.5. The summed E-state index contributed by atoms with van der Waals surface area (Å²) in [5.74, 6) is 0.0574. The second kappa shape index (κ2) is 8.93. The molecule has 9 heteroatoms. The first-order valence-corrected chi connectivity index (χ1v) is 10.5. The maximum atomic E-state index is 12.6. The average Bonchev–Trinajstić information content (AvgIpc) is 3.40. The lowest BCUT2D eigenvalue weighted by atomic mass is 10.1. The van der Waals surface area contributed by atoms with E-state index >= 15 is 0 Å². The minimum Gasteiger partial charge on any atom is -0.339 e. The average molecular weight is 446 g/mol. The Kier molecular flexibility index (Phi) is 6.11. The fraction of sp³-hybridized carbons (Fsp3) is 0.286. The second-order valence-electron chi connectivity index (χ2n) is 7.15. The van der Waals surface area contributed by atoms with E-state index in [1.54, 1.807) is 24.5 Å². The Bertz CT molecular complexity index is 1090. The van der Waals surface area contributed by atoms with Crippen LogP contribution in [0, 0.1) is 0 Å². The fourth-order valence-corrected chi connectivity index (χ4v) is 3.86. The number of hydrogen-bond acceptors (Lipinski definition) is 3. The highest BCUT2D eigenvalue weighted by Gasteiger charge is 2.20. The van der Waals surface area contributed by atoms with Crippen LogP contribution in [0.15, 0.2) is 42.7 Å². The number of likely N-dealkylation sites (tertiary alicyclic amines) is 1. The molecule has 2 N–H and O–H groups in total. The van der Waals surface area contributed by atoms with Gasteiger partial charge in [-0.3, -0.25) is 4.79 Å². The molecule has 4 rings (SSSR count). The first-order valence-electron chi connectivity index (χ1n) is 9.75. The summed E-state index contributed by atoms with van der Waals surface area (Å²) in [6, 6.07) is 10.1. The minimum absolute atomic E-state index is 0.0574. The highest BCUT2D eigenvalue weighted by molar-refractivity contribution is 6.35. The number of nitrogens with zero attached hydrogens (tertiary/aromatic N) is 3. The van der Waals surface area contributed by atoms with Crippen LogP contribution in [0.3, 0.4) is 0 Å². The standard InChI is InChI=1S/C21H21Cl2N5O2/c22-15-4-5-16(23)17(12-15)26-21(30)24-7-10-28-13-25-18-11-14(3-6-19(18)28)20(29)27-8-1-2-9-27/h3-6,11-13H,1-2,7-10H2,(H2,24,26,30). The van der Waals surface area contributed by atoms with Crippen molar-refractivity contribution in [3.63, 3.8) is 0 Å². The van der Waals surface area contributed by atoms with Gasteiger partial charge in [-0.05, 0) is 49.2 Å². The number of benzene rings is 2. The number of nitrogens with one attached hydrogen (secondary N) is 2. The molecule has 7 nitrogen and oxygen atoms in total. The Labute approximate surface area is 184 Å². The van der Waals surface area contributed by atoms with Crippen molar-refractivity contribution in [2.24, 2.45) is 0 Å². The normalized spacial score (nSPS) is 13.6. The number of amides is 3. The molecule has 0 bridgehead atoms. The molecule has 2 heterocycles. The summed E-state index contributed by atoms with van der Waals surface area (Å²) in [6.07, 6.45) is 3.83. The number of rotatable bonds is 5. The van der Waals surface area contributed by atoms with Crippen LogP contribution in [0.5, 0.6) is 0 Å². The molecule has 1 saturated heterocycles. The summed E-state index contributed by atoms with van der Waals surface area (Å²) in [7, 11) is 0. The number of fused-ring (bicyclic) bond motifs is 1. The molecule has 0 spiro atoms. The van der Waals surface area contributed by atoms with E-state index in [4.69, 9.17) is 23.2 Å². The van der Waals surface area contributed by atoms with Crippen molar-refractivity contribution in [2.45, 2.75) is 19.4 Å². The van der Waals surface area contributed by atoms with Gasteiger partial charge in [-0.1, -0.05) is 23.2 Å². The van der Waals surface area contributed by atoms with Gasteiger partial charge in [0.05, 0.1) is 28.1 Å². The van der Waals surface area contributed by atoms with E-state index in [1.165, 1.54) is 0 Å². The molecular formula is C21H21Cl2N5O2. The van der Waals surface area contributed by atoms with Gasteiger partial charge in [0.2, 0.25) is 0 Å². The fourth-order valence-electron chi connectivity index (χ4n) is 3.53. The highest BCUT2D eigenvalue weighted by Crippen LogP contribution is 2.25. The first kappa shape index (κ1) is 20.5. The first-order chi connectivity index (χ1) is 14.5. The van der Waals surface area contributed by atoms with Crippen molar-refractivity contribution in [3.05, 3.63) is 58.3 Å². The Morgan fingerprint density at radius 3 is 2.67 bits per heavy atom. The van der Waals surface area contributed by atoms with Crippen LogP contribution >= 0.6 is 23.2 Å². The summed E-state index contributed by atoms with van der Waals surface area (Å²) >= 11 is 12.0. The lowest BCUT2D eigenvalue weighted by Gasteiger charge is -2.15. The van der Waals surface area contributed by atoms with E-state index in [-0.39, 0.29) is 11.9 Å². The van der Waals surface area contributed by atoms with Gasteiger partial charge in [-0.2, -0.15) is 0 Å². The number of urea groups is 1. The van der Waals surface area contributed by atoms with Crippen molar-refractivity contribution < 1.29 is 9.59 Å².